The fraction of sp³-hybridized carbons (Fsp3) is 0.121. The summed E-state index contributed by atoms with van der Waals surface area (Å²) in [7, 11) is 0. The molecule has 10 aromatic carbocycles. The highest BCUT2D eigenvalue weighted by Crippen LogP contribution is 2.49. The van der Waals surface area contributed by atoms with Crippen molar-refractivity contribution in [2.75, 3.05) is 4.90 Å². The van der Waals surface area contributed by atoms with Gasteiger partial charge in [-0.3, -0.25) is 0 Å². The number of hydrogen-bond acceptors (Lipinski definition) is 2. The summed E-state index contributed by atoms with van der Waals surface area (Å²) in [5.41, 5.74) is 16.7. The molecule has 3 heteroatoms. The van der Waals surface area contributed by atoms with Crippen molar-refractivity contribution >= 4 is 81.1 Å². The molecule has 0 saturated carbocycles. The standard InChI is InChI=1S/C66H54N2S/c1-65(2,3)46-40-45(41-47(42-46)66(4,5)6)51-27-16-20-44-21-17-29-54(62(44)51)52-24-10-13-31-57(52)67(49-38-36-43(37-39-49)50-28-19-35-61-63(50)56-26-12-15-34-60(56)69-61)59-33-18-30-55-53-25-11-14-32-58(53)68(64(55)59)48-22-8-7-9-23-48/h7-42H,1-6H3. The van der Waals surface area contributed by atoms with Gasteiger partial charge in [-0.2, -0.15) is 0 Å². The monoisotopic (exact) mass is 906 g/mol. The molecule has 0 N–H and O–H groups in total. The van der Waals surface area contributed by atoms with Crippen LogP contribution in [-0.2, 0) is 10.8 Å². The summed E-state index contributed by atoms with van der Waals surface area (Å²) in [5, 5.41) is 7.53. The van der Waals surface area contributed by atoms with Crippen LogP contribution < -0.4 is 4.90 Å². The third kappa shape index (κ3) is 7.32. The molecule has 0 amide bonds. The van der Waals surface area contributed by atoms with E-state index in [9.17, 15) is 0 Å². The van der Waals surface area contributed by atoms with Gasteiger partial charge in [0.05, 0.1) is 22.4 Å². The van der Waals surface area contributed by atoms with Gasteiger partial charge in [-0.05, 0) is 115 Å². The Labute approximate surface area is 409 Å². The number of fused-ring (bicyclic) bond motifs is 7. The van der Waals surface area contributed by atoms with Crippen molar-refractivity contribution in [1.82, 2.24) is 4.57 Å². The van der Waals surface area contributed by atoms with Gasteiger partial charge in [-0.25, -0.2) is 0 Å². The maximum Gasteiger partial charge on any atom is 0.0782 e. The molecule has 0 atom stereocenters. The molecule has 0 saturated heterocycles. The van der Waals surface area contributed by atoms with E-state index in [0.717, 1.165) is 33.8 Å². The molecule has 0 aliphatic carbocycles. The Bertz CT molecular complexity index is 3870. The van der Waals surface area contributed by atoms with Crippen molar-refractivity contribution in [3.8, 4) is 39.1 Å². The van der Waals surface area contributed by atoms with E-state index in [1.165, 1.54) is 86.2 Å². The summed E-state index contributed by atoms with van der Waals surface area (Å²) in [6.45, 7) is 14.0. The molecule has 12 rings (SSSR count). The molecule has 2 aromatic heterocycles. The lowest BCUT2D eigenvalue weighted by Gasteiger charge is -2.30. The second-order valence-electron chi connectivity index (χ2n) is 20.5. The third-order valence-corrected chi connectivity index (χ3v) is 15.2. The second-order valence-corrected chi connectivity index (χ2v) is 21.6. The number of para-hydroxylation sites is 4. The Hall–Kier alpha value is -7.72. The number of aromatic nitrogens is 1. The van der Waals surface area contributed by atoms with Crippen LogP contribution in [0, 0.1) is 0 Å². The maximum absolute atomic E-state index is 2.51. The van der Waals surface area contributed by atoms with Gasteiger partial charge in [0.2, 0.25) is 0 Å². The fourth-order valence-corrected chi connectivity index (χ4v) is 11.7. The minimum atomic E-state index is -0.0146. The Morgan fingerprint density at radius 2 is 0.942 bits per heavy atom. The average molecular weight is 907 g/mol. The summed E-state index contributed by atoms with van der Waals surface area (Å²) in [4.78, 5) is 2.51. The highest BCUT2D eigenvalue weighted by molar-refractivity contribution is 7.25. The van der Waals surface area contributed by atoms with Crippen LogP contribution in [0.2, 0.25) is 0 Å². The molecule has 0 aliphatic rings. The molecule has 0 unspecified atom stereocenters. The molecule has 0 bridgehead atoms. The predicted octanol–water partition coefficient (Wildman–Crippen LogP) is 19.4. The summed E-state index contributed by atoms with van der Waals surface area (Å²) in [5.74, 6) is 0. The van der Waals surface area contributed by atoms with E-state index in [1.54, 1.807) is 0 Å². The van der Waals surface area contributed by atoms with Gasteiger partial charge in [0.1, 0.15) is 0 Å². The van der Waals surface area contributed by atoms with E-state index in [4.69, 9.17) is 0 Å². The van der Waals surface area contributed by atoms with E-state index in [1.807, 2.05) is 11.3 Å². The van der Waals surface area contributed by atoms with Crippen LogP contribution in [0.1, 0.15) is 52.7 Å². The number of hydrogen-bond donors (Lipinski definition) is 0. The molecular formula is C66H54N2S. The highest BCUT2D eigenvalue weighted by atomic mass is 32.1. The molecule has 0 spiro atoms. The van der Waals surface area contributed by atoms with Crippen LogP contribution in [0.15, 0.2) is 218 Å². The van der Waals surface area contributed by atoms with Gasteiger partial charge in [0.15, 0.2) is 0 Å². The first-order valence-electron chi connectivity index (χ1n) is 24.2. The van der Waals surface area contributed by atoms with Crippen LogP contribution in [0.5, 0.6) is 0 Å². The Balaban J connectivity index is 1.13. The zero-order valence-electron chi connectivity index (χ0n) is 40.1. The lowest BCUT2D eigenvalue weighted by molar-refractivity contribution is 0.569. The number of nitrogens with zero attached hydrogens (tertiary/aromatic N) is 2. The Morgan fingerprint density at radius 1 is 0.391 bits per heavy atom. The van der Waals surface area contributed by atoms with Crippen LogP contribution in [0.4, 0.5) is 17.1 Å². The van der Waals surface area contributed by atoms with E-state index in [-0.39, 0.29) is 10.8 Å². The average Bonchev–Trinajstić information content (AvgIpc) is 3.93. The molecule has 0 fully saturated rings. The topological polar surface area (TPSA) is 8.17 Å². The van der Waals surface area contributed by atoms with Crippen LogP contribution >= 0.6 is 11.3 Å². The minimum absolute atomic E-state index is 0.0146. The Kier molecular flexibility index (Phi) is 10.2. The first-order valence-corrected chi connectivity index (χ1v) is 25.0. The number of thiophene rings is 1. The largest absolute Gasteiger partial charge is 0.308 e. The van der Waals surface area contributed by atoms with Gasteiger partial charge in [-0.1, -0.05) is 205 Å². The van der Waals surface area contributed by atoms with Crippen molar-refractivity contribution in [2.45, 2.75) is 52.4 Å². The minimum Gasteiger partial charge on any atom is -0.308 e. The molecule has 0 radical (unpaired) electrons. The second kappa shape index (κ2) is 16.5. The smallest absolute Gasteiger partial charge is 0.0782 e. The first-order chi connectivity index (χ1) is 33.5. The van der Waals surface area contributed by atoms with Crippen LogP contribution in [0.3, 0.4) is 0 Å². The molecule has 2 nitrogen and oxygen atoms in total. The fourth-order valence-electron chi connectivity index (χ4n) is 10.6. The lowest BCUT2D eigenvalue weighted by atomic mass is 9.78. The van der Waals surface area contributed by atoms with Gasteiger partial charge >= 0.3 is 0 Å². The van der Waals surface area contributed by atoms with Crippen molar-refractivity contribution in [3.05, 3.63) is 230 Å². The first kappa shape index (κ1) is 42.6. The van der Waals surface area contributed by atoms with Crippen LogP contribution in [-0.4, -0.2) is 4.57 Å². The zero-order valence-corrected chi connectivity index (χ0v) is 40.9. The SMILES string of the molecule is CC(C)(C)c1cc(-c2cccc3cccc(-c4ccccc4N(c4ccc(-c5cccc6sc7ccccc7c56)cc4)c4cccc5c6ccccc6n(-c6ccccc6)c45)c23)cc(C(C)(C)C)c1. The molecule has 69 heavy (non-hydrogen) atoms. The highest BCUT2D eigenvalue weighted by Gasteiger charge is 2.26. The van der Waals surface area contributed by atoms with Gasteiger partial charge < -0.3 is 9.47 Å². The molecule has 334 valence electrons. The number of benzene rings is 10. The van der Waals surface area contributed by atoms with E-state index < -0.39 is 0 Å². The van der Waals surface area contributed by atoms with E-state index in [2.05, 4.69) is 269 Å². The molecule has 0 aliphatic heterocycles. The van der Waals surface area contributed by atoms with Crippen molar-refractivity contribution in [3.63, 3.8) is 0 Å². The van der Waals surface area contributed by atoms with E-state index >= 15 is 0 Å². The van der Waals surface area contributed by atoms with E-state index in [0.29, 0.717) is 0 Å². The van der Waals surface area contributed by atoms with Gasteiger partial charge in [-0.15, -0.1) is 11.3 Å². The van der Waals surface area contributed by atoms with Gasteiger partial charge in [0, 0.05) is 47.9 Å². The third-order valence-electron chi connectivity index (χ3n) is 14.1. The molecule has 12 aromatic rings. The Morgan fingerprint density at radius 3 is 1.68 bits per heavy atom. The zero-order chi connectivity index (χ0) is 47.0. The number of anilines is 3. The predicted molar refractivity (Wildman–Crippen MR) is 300 cm³/mol. The lowest BCUT2D eigenvalue weighted by Crippen LogP contribution is -2.16. The normalized spacial score (nSPS) is 12.2. The molecule has 2 heterocycles. The summed E-state index contributed by atoms with van der Waals surface area (Å²) in [6.07, 6.45) is 0. The van der Waals surface area contributed by atoms with Crippen LogP contribution in [0.25, 0.3) is 91.8 Å². The quantitative estimate of drug-likeness (QED) is 0.155. The molecular weight excluding hydrogens is 853 g/mol. The summed E-state index contributed by atoms with van der Waals surface area (Å²) < 4.78 is 5.08. The van der Waals surface area contributed by atoms with Crippen molar-refractivity contribution in [2.24, 2.45) is 0 Å². The number of rotatable bonds is 7. The van der Waals surface area contributed by atoms with Crippen molar-refractivity contribution < 1.29 is 0 Å². The summed E-state index contributed by atoms with van der Waals surface area (Å²) >= 11 is 1.87. The van der Waals surface area contributed by atoms with Crippen molar-refractivity contribution in [1.29, 1.82) is 0 Å². The summed E-state index contributed by atoms with van der Waals surface area (Å²) in [6, 6.07) is 81.3. The maximum atomic E-state index is 2.51. The van der Waals surface area contributed by atoms with Gasteiger partial charge in [0.25, 0.3) is 0 Å².